The van der Waals surface area contributed by atoms with Crippen molar-refractivity contribution in [1.82, 2.24) is 9.78 Å². The van der Waals surface area contributed by atoms with E-state index in [0.717, 1.165) is 19.3 Å². The summed E-state index contributed by atoms with van der Waals surface area (Å²) in [6, 6.07) is 6.56. The SMILES string of the molecule is CC(=O)Nc1ccc(NC(=O)c2nn(C34CC5CC(CC(C5)C3)C4)cc2[N+](=O)[O-])cc1. The van der Waals surface area contributed by atoms with E-state index in [2.05, 4.69) is 15.7 Å². The molecule has 0 aliphatic heterocycles. The second kappa shape index (κ2) is 7.18. The Labute approximate surface area is 179 Å². The Bertz CT molecular complexity index is 1020. The van der Waals surface area contributed by atoms with Crippen LogP contribution in [0, 0.1) is 27.9 Å². The van der Waals surface area contributed by atoms with Crippen LogP contribution in [0.2, 0.25) is 0 Å². The molecule has 0 atom stereocenters. The Morgan fingerprint density at radius 2 is 1.55 bits per heavy atom. The Morgan fingerprint density at radius 3 is 2.03 bits per heavy atom. The Morgan fingerprint density at radius 1 is 1.03 bits per heavy atom. The first kappa shape index (κ1) is 19.7. The lowest BCUT2D eigenvalue weighted by Gasteiger charge is -2.56. The van der Waals surface area contributed by atoms with Crippen LogP contribution in [0.3, 0.4) is 0 Å². The van der Waals surface area contributed by atoms with Crippen LogP contribution in [0.15, 0.2) is 30.5 Å². The Kier molecular flexibility index (Phi) is 4.56. The van der Waals surface area contributed by atoms with E-state index in [9.17, 15) is 19.7 Å². The van der Waals surface area contributed by atoms with Crippen molar-refractivity contribution in [1.29, 1.82) is 0 Å². The highest BCUT2D eigenvalue weighted by atomic mass is 16.6. The van der Waals surface area contributed by atoms with Gasteiger partial charge in [-0.3, -0.25) is 24.4 Å². The molecule has 1 aromatic heterocycles. The summed E-state index contributed by atoms with van der Waals surface area (Å²) in [5, 5.41) is 21.5. The number of rotatable bonds is 5. The number of amides is 2. The second-order valence-corrected chi connectivity index (χ2v) is 9.42. The number of hydrogen-bond acceptors (Lipinski definition) is 5. The highest BCUT2D eigenvalue weighted by Crippen LogP contribution is 2.58. The molecule has 9 nitrogen and oxygen atoms in total. The van der Waals surface area contributed by atoms with Gasteiger partial charge in [-0.25, -0.2) is 0 Å². The highest BCUT2D eigenvalue weighted by molar-refractivity contribution is 6.05. The van der Waals surface area contributed by atoms with Gasteiger partial charge in [0.1, 0.15) is 6.20 Å². The molecule has 2 N–H and O–H groups in total. The molecule has 4 fully saturated rings. The van der Waals surface area contributed by atoms with Crippen molar-refractivity contribution in [3.8, 4) is 0 Å². The summed E-state index contributed by atoms with van der Waals surface area (Å²) in [7, 11) is 0. The zero-order chi connectivity index (χ0) is 21.8. The predicted octanol–water partition coefficient (Wildman–Crippen LogP) is 3.93. The third kappa shape index (κ3) is 3.58. The molecular formula is C22H25N5O4. The molecule has 0 spiro atoms. The maximum absolute atomic E-state index is 12.9. The molecule has 9 heteroatoms. The zero-order valence-corrected chi connectivity index (χ0v) is 17.3. The molecule has 6 rings (SSSR count). The standard InChI is InChI=1S/C22H25N5O4/c1-13(28)23-17-2-4-18(5-3-17)24-21(29)20-19(27(30)31)12-26(25-20)22-9-14-6-15(10-22)8-16(7-14)11-22/h2-5,12,14-16H,6-11H2,1H3,(H,23,28)(H,24,29). The maximum atomic E-state index is 12.9. The van der Waals surface area contributed by atoms with E-state index in [1.54, 1.807) is 28.9 Å². The summed E-state index contributed by atoms with van der Waals surface area (Å²) in [6.45, 7) is 1.41. The summed E-state index contributed by atoms with van der Waals surface area (Å²) in [6.07, 6.45) is 8.19. The van der Waals surface area contributed by atoms with Gasteiger partial charge in [0.2, 0.25) is 11.6 Å². The van der Waals surface area contributed by atoms with Crippen molar-refractivity contribution >= 4 is 28.9 Å². The molecule has 162 valence electrons. The molecule has 4 aliphatic carbocycles. The molecule has 0 radical (unpaired) electrons. The summed E-state index contributed by atoms with van der Waals surface area (Å²) >= 11 is 0. The second-order valence-electron chi connectivity index (χ2n) is 9.42. The van der Waals surface area contributed by atoms with Gasteiger partial charge < -0.3 is 10.6 Å². The Hall–Kier alpha value is -3.23. The predicted molar refractivity (Wildman–Crippen MR) is 114 cm³/mol. The molecular weight excluding hydrogens is 398 g/mol. The maximum Gasteiger partial charge on any atom is 0.320 e. The fourth-order valence-corrected chi connectivity index (χ4v) is 6.28. The number of aromatic nitrogens is 2. The minimum atomic E-state index is -0.609. The van der Waals surface area contributed by atoms with Gasteiger partial charge in [0.15, 0.2) is 0 Å². The van der Waals surface area contributed by atoms with Crippen molar-refractivity contribution < 1.29 is 14.5 Å². The van der Waals surface area contributed by atoms with Crippen molar-refractivity contribution in [3.63, 3.8) is 0 Å². The smallest absolute Gasteiger partial charge is 0.320 e. The van der Waals surface area contributed by atoms with E-state index in [1.807, 2.05) is 0 Å². The number of nitro groups is 1. The number of nitrogens with one attached hydrogen (secondary N) is 2. The van der Waals surface area contributed by atoms with Crippen molar-refractivity contribution in [2.24, 2.45) is 17.8 Å². The molecule has 0 saturated heterocycles. The van der Waals surface area contributed by atoms with Crippen LogP contribution in [0.5, 0.6) is 0 Å². The number of hydrogen-bond donors (Lipinski definition) is 2. The number of carbonyl (C=O) groups is 2. The van der Waals surface area contributed by atoms with Crippen LogP contribution in [-0.2, 0) is 10.3 Å². The molecule has 4 saturated carbocycles. The number of anilines is 2. The van der Waals surface area contributed by atoms with Gasteiger partial charge >= 0.3 is 5.69 Å². The van der Waals surface area contributed by atoms with Gasteiger partial charge in [0, 0.05) is 18.3 Å². The monoisotopic (exact) mass is 423 g/mol. The largest absolute Gasteiger partial charge is 0.326 e. The minimum Gasteiger partial charge on any atom is -0.326 e. The number of nitrogens with zero attached hydrogens (tertiary/aromatic N) is 3. The van der Waals surface area contributed by atoms with Gasteiger partial charge in [0.25, 0.3) is 5.91 Å². The van der Waals surface area contributed by atoms with E-state index in [-0.39, 0.29) is 22.8 Å². The first-order chi connectivity index (χ1) is 14.8. The lowest BCUT2D eigenvalue weighted by Crippen LogP contribution is -2.52. The summed E-state index contributed by atoms with van der Waals surface area (Å²) < 4.78 is 1.74. The molecule has 31 heavy (non-hydrogen) atoms. The number of carbonyl (C=O) groups excluding carboxylic acids is 2. The van der Waals surface area contributed by atoms with Crippen molar-refractivity contribution in [2.45, 2.75) is 51.0 Å². The topological polar surface area (TPSA) is 119 Å². The fraction of sp³-hybridized carbons (Fsp3) is 0.500. The molecule has 1 aromatic carbocycles. The highest BCUT2D eigenvalue weighted by Gasteiger charge is 2.53. The van der Waals surface area contributed by atoms with Gasteiger partial charge in [-0.15, -0.1) is 0 Å². The average molecular weight is 423 g/mol. The van der Waals surface area contributed by atoms with Crippen LogP contribution >= 0.6 is 0 Å². The average Bonchev–Trinajstić information content (AvgIpc) is 3.15. The fourth-order valence-electron chi connectivity index (χ4n) is 6.28. The Balaban J connectivity index is 1.40. The molecule has 4 bridgehead atoms. The third-order valence-corrected chi connectivity index (χ3v) is 7.06. The quantitative estimate of drug-likeness (QED) is 0.558. The zero-order valence-electron chi connectivity index (χ0n) is 17.3. The summed E-state index contributed by atoms with van der Waals surface area (Å²) in [5.41, 5.74) is 0.452. The van der Waals surface area contributed by atoms with Crippen molar-refractivity contribution in [2.75, 3.05) is 10.6 Å². The molecule has 1 heterocycles. The van der Waals surface area contributed by atoms with Crippen molar-refractivity contribution in [3.05, 3.63) is 46.3 Å². The van der Waals surface area contributed by atoms with Gasteiger partial charge in [-0.05, 0) is 80.5 Å². The first-order valence-electron chi connectivity index (χ1n) is 10.7. The number of benzene rings is 1. The van der Waals surface area contributed by atoms with Gasteiger partial charge in [0.05, 0.1) is 10.5 Å². The molecule has 0 unspecified atom stereocenters. The van der Waals surface area contributed by atoms with Crippen LogP contribution in [0.25, 0.3) is 0 Å². The summed E-state index contributed by atoms with van der Waals surface area (Å²) in [4.78, 5) is 35.2. The van der Waals surface area contributed by atoms with Gasteiger partial charge in [-0.1, -0.05) is 0 Å². The van der Waals surface area contributed by atoms with Gasteiger partial charge in [-0.2, -0.15) is 5.10 Å². The molecule has 4 aliphatic rings. The third-order valence-electron chi connectivity index (χ3n) is 7.06. The van der Waals surface area contributed by atoms with E-state index in [0.29, 0.717) is 29.1 Å². The normalized spacial score (nSPS) is 28.4. The van der Waals surface area contributed by atoms with Crippen LogP contribution in [0.4, 0.5) is 17.1 Å². The first-order valence-corrected chi connectivity index (χ1v) is 10.7. The lowest BCUT2D eigenvalue weighted by atomic mass is 9.53. The lowest BCUT2D eigenvalue weighted by molar-refractivity contribution is -0.385. The molecule has 2 aromatic rings. The minimum absolute atomic E-state index is 0.160. The van der Waals surface area contributed by atoms with Crippen LogP contribution < -0.4 is 10.6 Å². The van der Waals surface area contributed by atoms with Crippen LogP contribution in [-0.4, -0.2) is 26.5 Å². The summed E-state index contributed by atoms with van der Waals surface area (Å²) in [5.74, 6) is 1.18. The van der Waals surface area contributed by atoms with E-state index >= 15 is 0 Å². The van der Waals surface area contributed by atoms with Crippen LogP contribution in [0.1, 0.15) is 55.9 Å². The van der Waals surface area contributed by atoms with E-state index < -0.39 is 10.8 Å². The molecule has 2 amide bonds. The van der Waals surface area contributed by atoms with E-state index in [1.165, 1.54) is 32.4 Å². The van der Waals surface area contributed by atoms with E-state index in [4.69, 9.17) is 0 Å².